The maximum Gasteiger partial charge on any atom is 0.0798 e. The molecular formula is C15H27N3S. The van der Waals surface area contributed by atoms with Gasteiger partial charge in [-0.1, -0.05) is 13.3 Å². The highest BCUT2D eigenvalue weighted by Gasteiger charge is 2.21. The van der Waals surface area contributed by atoms with Gasteiger partial charge in [0.2, 0.25) is 0 Å². The van der Waals surface area contributed by atoms with E-state index in [1.807, 2.05) is 5.51 Å². The Morgan fingerprint density at radius 1 is 1.47 bits per heavy atom. The number of piperidine rings is 1. The van der Waals surface area contributed by atoms with E-state index in [4.69, 9.17) is 0 Å². The lowest BCUT2D eigenvalue weighted by Gasteiger charge is -2.33. The summed E-state index contributed by atoms with van der Waals surface area (Å²) in [5, 5.41) is 3.78. The molecule has 1 N–H and O–H groups in total. The van der Waals surface area contributed by atoms with Crippen molar-refractivity contribution < 1.29 is 0 Å². The monoisotopic (exact) mass is 281 g/mol. The van der Waals surface area contributed by atoms with Crippen LogP contribution in [-0.2, 0) is 0 Å². The van der Waals surface area contributed by atoms with Crippen LogP contribution in [-0.4, -0.2) is 35.6 Å². The number of thiazole rings is 1. The summed E-state index contributed by atoms with van der Waals surface area (Å²) in [5.41, 5.74) is 3.14. The fourth-order valence-electron chi connectivity index (χ4n) is 2.86. The number of hydrogen-bond acceptors (Lipinski definition) is 4. The van der Waals surface area contributed by atoms with Crippen LogP contribution in [0.1, 0.15) is 56.1 Å². The summed E-state index contributed by atoms with van der Waals surface area (Å²) in [7, 11) is 0. The second-order valence-corrected chi connectivity index (χ2v) is 6.55. The summed E-state index contributed by atoms with van der Waals surface area (Å²) < 4.78 is 0. The number of unbranched alkanes of at least 4 members (excludes halogenated alkanes) is 1. The standard InChI is InChI=1S/C15H27N3S/c1-4-5-8-18-9-6-14(7-10-18)17-13(3)15-12(2)16-11-19-15/h11,13-14,17H,4-10H2,1-3H3. The Morgan fingerprint density at radius 3 is 2.79 bits per heavy atom. The molecule has 0 aromatic carbocycles. The summed E-state index contributed by atoms with van der Waals surface area (Å²) in [6.07, 6.45) is 5.21. The van der Waals surface area contributed by atoms with E-state index < -0.39 is 0 Å². The van der Waals surface area contributed by atoms with Crippen molar-refractivity contribution in [2.45, 2.75) is 58.5 Å². The highest BCUT2D eigenvalue weighted by Crippen LogP contribution is 2.23. The normalized spacial score (nSPS) is 19.7. The zero-order valence-electron chi connectivity index (χ0n) is 12.5. The summed E-state index contributed by atoms with van der Waals surface area (Å²) in [4.78, 5) is 8.36. The van der Waals surface area contributed by atoms with Crippen LogP contribution in [0.3, 0.4) is 0 Å². The number of nitrogens with zero attached hydrogens (tertiary/aromatic N) is 2. The molecule has 0 radical (unpaired) electrons. The highest BCUT2D eigenvalue weighted by molar-refractivity contribution is 7.09. The van der Waals surface area contributed by atoms with Crippen molar-refractivity contribution in [3.05, 3.63) is 16.1 Å². The Hall–Kier alpha value is -0.450. The lowest BCUT2D eigenvalue weighted by atomic mass is 10.0. The number of likely N-dealkylation sites (tertiary alicyclic amines) is 1. The molecule has 1 saturated heterocycles. The van der Waals surface area contributed by atoms with Crippen LogP contribution in [0.15, 0.2) is 5.51 Å². The number of nitrogens with one attached hydrogen (secondary N) is 1. The van der Waals surface area contributed by atoms with Gasteiger partial charge in [-0.05, 0) is 52.7 Å². The molecule has 1 unspecified atom stereocenters. The molecule has 0 bridgehead atoms. The molecule has 0 saturated carbocycles. The van der Waals surface area contributed by atoms with Crippen LogP contribution >= 0.6 is 11.3 Å². The van der Waals surface area contributed by atoms with Gasteiger partial charge in [-0.3, -0.25) is 0 Å². The second kappa shape index (κ2) is 7.36. The fourth-order valence-corrected chi connectivity index (χ4v) is 3.68. The van der Waals surface area contributed by atoms with E-state index in [2.05, 4.69) is 36.0 Å². The molecule has 1 fully saturated rings. The van der Waals surface area contributed by atoms with Crippen LogP contribution < -0.4 is 5.32 Å². The molecule has 108 valence electrons. The van der Waals surface area contributed by atoms with Crippen LogP contribution in [0.25, 0.3) is 0 Å². The van der Waals surface area contributed by atoms with Crippen molar-refractivity contribution >= 4 is 11.3 Å². The van der Waals surface area contributed by atoms with Crippen LogP contribution in [0.2, 0.25) is 0 Å². The number of aromatic nitrogens is 1. The van der Waals surface area contributed by atoms with E-state index in [1.165, 1.54) is 55.9 Å². The first-order chi connectivity index (χ1) is 9.20. The molecule has 2 rings (SSSR count). The predicted molar refractivity (Wildman–Crippen MR) is 82.8 cm³/mol. The Bertz CT molecular complexity index is 369. The van der Waals surface area contributed by atoms with Crippen molar-refractivity contribution in [1.29, 1.82) is 0 Å². The number of hydrogen-bond donors (Lipinski definition) is 1. The van der Waals surface area contributed by atoms with Crippen LogP contribution in [0, 0.1) is 6.92 Å². The van der Waals surface area contributed by atoms with Gasteiger partial charge in [-0.15, -0.1) is 11.3 Å². The SMILES string of the molecule is CCCCN1CCC(NC(C)c2scnc2C)CC1. The topological polar surface area (TPSA) is 28.2 Å². The summed E-state index contributed by atoms with van der Waals surface area (Å²) in [6.45, 7) is 10.4. The highest BCUT2D eigenvalue weighted by atomic mass is 32.1. The smallest absolute Gasteiger partial charge is 0.0798 e. The predicted octanol–water partition coefficient (Wildman–Crippen LogP) is 3.37. The van der Waals surface area contributed by atoms with Gasteiger partial charge >= 0.3 is 0 Å². The Labute approximate surface area is 121 Å². The number of aryl methyl sites for hydroxylation is 1. The number of rotatable bonds is 6. The molecule has 0 amide bonds. The lowest BCUT2D eigenvalue weighted by molar-refractivity contribution is 0.190. The minimum Gasteiger partial charge on any atom is -0.307 e. The molecule has 1 aromatic rings. The van der Waals surface area contributed by atoms with Crippen LogP contribution in [0.4, 0.5) is 0 Å². The van der Waals surface area contributed by atoms with Gasteiger partial charge in [0.15, 0.2) is 0 Å². The molecule has 1 aliphatic rings. The fraction of sp³-hybridized carbons (Fsp3) is 0.800. The molecule has 3 nitrogen and oxygen atoms in total. The maximum absolute atomic E-state index is 4.35. The molecule has 4 heteroatoms. The summed E-state index contributed by atoms with van der Waals surface area (Å²) in [6, 6.07) is 1.12. The quantitative estimate of drug-likeness (QED) is 0.866. The minimum atomic E-state index is 0.444. The first-order valence-electron chi connectivity index (χ1n) is 7.59. The van der Waals surface area contributed by atoms with Gasteiger partial charge in [-0.25, -0.2) is 4.98 Å². The Balaban J connectivity index is 1.75. The van der Waals surface area contributed by atoms with E-state index in [0.717, 1.165) is 0 Å². The Kier molecular flexibility index (Phi) is 5.79. The molecule has 19 heavy (non-hydrogen) atoms. The average molecular weight is 281 g/mol. The van der Waals surface area contributed by atoms with Gasteiger partial charge in [0.1, 0.15) is 0 Å². The third-order valence-electron chi connectivity index (χ3n) is 4.08. The van der Waals surface area contributed by atoms with E-state index in [9.17, 15) is 0 Å². The van der Waals surface area contributed by atoms with E-state index in [-0.39, 0.29) is 0 Å². The van der Waals surface area contributed by atoms with Gasteiger partial charge in [0, 0.05) is 17.0 Å². The zero-order chi connectivity index (χ0) is 13.7. The summed E-state index contributed by atoms with van der Waals surface area (Å²) in [5.74, 6) is 0. The second-order valence-electron chi connectivity index (χ2n) is 5.66. The van der Waals surface area contributed by atoms with Gasteiger partial charge in [-0.2, -0.15) is 0 Å². The third-order valence-corrected chi connectivity index (χ3v) is 5.19. The van der Waals surface area contributed by atoms with Crippen molar-refractivity contribution in [2.24, 2.45) is 0 Å². The van der Waals surface area contributed by atoms with Gasteiger partial charge in [0.05, 0.1) is 11.2 Å². The molecule has 1 atom stereocenters. The largest absolute Gasteiger partial charge is 0.307 e. The van der Waals surface area contributed by atoms with Crippen molar-refractivity contribution in [1.82, 2.24) is 15.2 Å². The Morgan fingerprint density at radius 2 is 2.21 bits per heavy atom. The molecule has 1 aromatic heterocycles. The molecule has 1 aliphatic heterocycles. The van der Waals surface area contributed by atoms with Gasteiger partial charge in [0.25, 0.3) is 0 Å². The van der Waals surface area contributed by atoms with Crippen molar-refractivity contribution in [2.75, 3.05) is 19.6 Å². The first-order valence-corrected chi connectivity index (χ1v) is 8.47. The van der Waals surface area contributed by atoms with Crippen molar-refractivity contribution in [3.8, 4) is 0 Å². The maximum atomic E-state index is 4.35. The zero-order valence-corrected chi connectivity index (χ0v) is 13.3. The van der Waals surface area contributed by atoms with Crippen molar-refractivity contribution in [3.63, 3.8) is 0 Å². The average Bonchev–Trinajstić information content (AvgIpc) is 2.84. The van der Waals surface area contributed by atoms with E-state index in [1.54, 1.807) is 11.3 Å². The van der Waals surface area contributed by atoms with Crippen LogP contribution in [0.5, 0.6) is 0 Å². The van der Waals surface area contributed by atoms with E-state index >= 15 is 0 Å². The molecule has 2 heterocycles. The van der Waals surface area contributed by atoms with Gasteiger partial charge < -0.3 is 10.2 Å². The minimum absolute atomic E-state index is 0.444. The lowest BCUT2D eigenvalue weighted by Crippen LogP contribution is -2.43. The summed E-state index contributed by atoms with van der Waals surface area (Å²) >= 11 is 1.77. The molecule has 0 aliphatic carbocycles. The molecule has 0 spiro atoms. The first kappa shape index (κ1) is 14.9. The molecular weight excluding hydrogens is 254 g/mol. The van der Waals surface area contributed by atoms with E-state index in [0.29, 0.717) is 12.1 Å². The third kappa shape index (κ3) is 4.26.